The fourth-order valence-corrected chi connectivity index (χ4v) is 3.16. The highest BCUT2D eigenvalue weighted by molar-refractivity contribution is 5.69. The minimum absolute atomic E-state index is 0.447. The second kappa shape index (κ2) is 5.06. The summed E-state index contributed by atoms with van der Waals surface area (Å²) in [5, 5.41) is 11.4. The Hall–Kier alpha value is -1.61. The molecule has 0 saturated carbocycles. The summed E-state index contributed by atoms with van der Waals surface area (Å²) in [7, 11) is 0. The van der Waals surface area contributed by atoms with Gasteiger partial charge in [-0.05, 0) is 69.3 Å². The van der Waals surface area contributed by atoms with Crippen LogP contribution in [-0.2, 0) is 0 Å². The van der Waals surface area contributed by atoms with E-state index in [1.54, 1.807) is 0 Å². The van der Waals surface area contributed by atoms with Gasteiger partial charge in [-0.2, -0.15) is 5.10 Å². The molecular formula is C17H23N3. The van der Waals surface area contributed by atoms with Crippen LogP contribution in [-0.4, -0.2) is 16.7 Å². The van der Waals surface area contributed by atoms with E-state index in [4.69, 9.17) is 0 Å². The molecule has 0 amide bonds. The molecule has 1 aliphatic rings. The first-order valence-corrected chi connectivity index (χ1v) is 7.45. The number of H-pyrrole nitrogens is 1. The number of nitrogens with zero attached hydrogens (tertiary/aromatic N) is 1. The van der Waals surface area contributed by atoms with Crippen molar-refractivity contribution in [2.45, 2.75) is 46.6 Å². The van der Waals surface area contributed by atoms with E-state index < -0.39 is 0 Å². The summed E-state index contributed by atoms with van der Waals surface area (Å²) >= 11 is 0. The second-order valence-electron chi connectivity index (χ2n) is 5.94. The molecule has 3 nitrogen and oxygen atoms in total. The maximum Gasteiger partial charge on any atom is 0.0956 e. The predicted molar refractivity (Wildman–Crippen MR) is 82.9 cm³/mol. The summed E-state index contributed by atoms with van der Waals surface area (Å²) in [5.74, 6) is 0. The lowest BCUT2D eigenvalue weighted by Gasteiger charge is -2.11. The summed E-state index contributed by atoms with van der Waals surface area (Å²) in [6, 6.07) is 4.84. The monoisotopic (exact) mass is 269 g/mol. The fraction of sp³-hybridized carbons (Fsp3) is 0.471. The summed E-state index contributed by atoms with van der Waals surface area (Å²) < 4.78 is 0. The molecule has 2 aromatic rings. The van der Waals surface area contributed by atoms with Gasteiger partial charge in [0.1, 0.15) is 0 Å². The summed E-state index contributed by atoms with van der Waals surface area (Å²) in [5.41, 5.74) is 8.96. The molecule has 3 heteroatoms. The first-order chi connectivity index (χ1) is 9.59. The number of rotatable bonds is 2. The van der Waals surface area contributed by atoms with Crippen molar-refractivity contribution < 1.29 is 0 Å². The van der Waals surface area contributed by atoms with Crippen LogP contribution in [0.1, 0.15) is 46.8 Å². The molecule has 0 aliphatic carbocycles. The van der Waals surface area contributed by atoms with Crippen LogP contribution in [0.15, 0.2) is 12.1 Å². The van der Waals surface area contributed by atoms with Gasteiger partial charge >= 0.3 is 0 Å². The molecule has 20 heavy (non-hydrogen) atoms. The van der Waals surface area contributed by atoms with Crippen LogP contribution in [0.5, 0.6) is 0 Å². The number of aromatic amines is 1. The maximum absolute atomic E-state index is 4.60. The maximum atomic E-state index is 4.60. The van der Waals surface area contributed by atoms with E-state index in [-0.39, 0.29) is 0 Å². The molecule has 2 N–H and O–H groups in total. The van der Waals surface area contributed by atoms with Crippen LogP contribution < -0.4 is 5.32 Å². The highest BCUT2D eigenvalue weighted by Gasteiger charge is 2.22. The van der Waals surface area contributed by atoms with Crippen LogP contribution in [0.25, 0.3) is 11.3 Å². The third-order valence-electron chi connectivity index (χ3n) is 4.77. The predicted octanol–water partition coefficient (Wildman–Crippen LogP) is 3.73. The number of benzene rings is 1. The Balaban J connectivity index is 2.05. The largest absolute Gasteiger partial charge is 0.309 e. The van der Waals surface area contributed by atoms with Gasteiger partial charge < -0.3 is 5.32 Å². The Kier molecular flexibility index (Phi) is 3.38. The van der Waals surface area contributed by atoms with Gasteiger partial charge in [-0.1, -0.05) is 12.1 Å². The molecule has 1 aromatic heterocycles. The van der Waals surface area contributed by atoms with Crippen LogP contribution in [0, 0.1) is 27.7 Å². The average Bonchev–Trinajstić information content (AvgIpc) is 3.06. The normalized spacial score (nSPS) is 18.7. The third-order valence-corrected chi connectivity index (χ3v) is 4.77. The Morgan fingerprint density at radius 2 is 1.85 bits per heavy atom. The third kappa shape index (κ3) is 2.06. The average molecular weight is 269 g/mol. The van der Waals surface area contributed by atoms with Gasteiger partial charge in [0.2, 0.25) is 0 Å². The van der Waals surface area contributed by atoms with Crippen molar-refractivity contribution in [3.63, 3.8) is 0 Å². The van der Waals surface area contributed by atoms with E-state index in [2.05, 4.69) is 55.3 Å². The van der Waals surface area contributed by atoms with E-state index in [1.807, 2.05) is 0 Å². The van der Waals surface area contributed by atoms with Gasteiger partial charge in [0.15, 0.2) is 0 Å². The van der Waals surface area contributed by atoms with E-state index in [0.717, 1.165) is 12.2 Å². The summed E-state index contributed by atoms with van der Waals surface area (Å²) in [6.07, 6.45) is 2.45. The molecule has 2 heterocycles. The number of hydrogen-bond donors (Lipinski definition) is 2. The van der Waals surface area contributed by atoms with Crippen LogP contribution in [0.3, 0.4) is 0 Å². The standard InChI is InChI=1S/C17H23N3/c1-10-7-8-14(12(3)11(10)2)16-13(4)17(20-19-16)15-6-5-9-18-15/h7-8,15,18H,5-6,9H2,1-4H3,(H,19,20). The summed E-state index contributed by atoms with van der Waals surface area (Å²) in [4.78, 5) is 0. The minimum Gasteiger partial charge on any atom is -0.309 e. The van der Waals surface area contributed by atoms with Crippen molar-refractivity contribution in [2.24, 2.45) is 0 Å². The van der Waals surface area contributed by atoms with Gasteiger partial charge in [-0.3, -0.25) is 5.10 Å². The van der Waals surface area contributed by atoms with Crippen LogP contribution in [0.4, 0.5) is 0 Å². The van der Waals surface area contributed by atoms with Crippen molar-refractivity contribution in [3.05, 3.63) is 40.1 Å². The van der Waals surface area contributed by atoms with E-state index in [9.17, 15) is 0 Å². The van der Waals surface area contributed by atoms with Gasteiger partial charge in [0.25, 0.3) is 0 Å². The topological polar surface area (TPSA) is 40.7 Å². The van der Waals surface area contributed by atoms with Crippen molar-refractivity contribution in [3.8, 4) is 11.3 Å². The smallest absolute Gasteiger partial charge is 0.0956 e. The summed E-state index contributed by atoms with van der Waals surface area (Å²) in [6.45, 7) is 9.84. The molecule has 0 radical (unpaired) electrons. The quantitative estimate of drug-likeness (QED) is 0.872. The zero-order chi connectivity index (χ0) is 14.3. The molecule has 106 valence electrons. The molecule has 1 aromatic carbocycles. The number of hydrogen-bond acceptors (Lipinski definition) is 2. The van der Waals surface area contributed by atoms with Crippen molar-refractivity contribution in [1.82, 2.24) is 15.5 Å². The lowest BCUT2D eigenvalue weighted by molar-refractivity contribution is 0.622. The molecule has 0 spiro atoms. The van der Waals surface area contributed by atoms with Crippen LogP contribution in [0.2, 0.25) is 0 Å². The van der Waals surface area contributed by atoms with Crippen LogP contribution >= 0.6 is 0 Å². The first kappa shape index (κ1) is 13.4. The molecule has 1 unspecified atom stereocenters. The fourth-order valence-electron chi connectivity index (χ4n) is 3.16. The molecule has 3 rings (SSSR count). The first-order valence-electron chi connectivity index (χ1n) is 7.45. The van der Waals surface area contributed by atoms with Gasteiger partial charge in [0.05, 0.1) is 11.4 Å². The molecule has 1 saturated heterocycles. The molecule has 1 fully saturated rings. The lowest BCUT2D eigenvalue weighted by Crippen LogP contribution is -2.14. The Labute approximate surface area is 120 Å². The van der Waals surface area contributed by atoms with Crippen molar-refractivity contribution in [1.29, 1.82) is 0 Å². The second-order valence-corrected chi connectivity index (χ2v) is 5.94. The highest BCUT2D eigenvalue weighted by Crippen LogP contribution is 2.33. The SMILES string of the molecule is Cc1ccc(-c2n[nH]c(C3CCCN3)c2C)c(C)c1C. The molecular weight excluding hydrogens is 246 g/mol. The van der Waals surface area contributed by atoms with E-state index >= 15 is 0 Å². The Bertz CT molecular complexity index is 634. The van der Waals surface area contributed by atoms with E-state index in [0.29, 0.717) is 6.04 Å². The number of aryl methyl sites for hydroxylation is 1. The molecule has 0 bridgehead atoms. The number of nitrogens with one attached hydrogen (secondary N) is 2. The Morgan fingerprint density at radius 1 is 1.05 bits per heavy atom. The zero-order valence-corrected chi connectivity index (χ0v) is 12.8. The number of aromatic nitrogens is 2. The van der Waals surface area contributed by atoms with Gasteiger partial charge in [-0.25, -0.2) is 0 Å². The van der Waals surface area contributed by atoms with Crippen molar-refractivity contribution >= 4 is 0 Å². The minimum atomic E-state index is 0.447. The molecule has 1 atom stereocenters. The van der Waals surface area contributed by atoms with Gasteiger partial charge in [0, 0.05) is 11.6 Å². The van der Waals surface area contributed by atoms with E-state index in [1.165, 1.54) is 46.4 Å². The Morgan fingerprint density at radius 3 is 2.55 bits per heavy atom. The zero-order valence-electron chi connectivity index (χ0n) is 12.8. The highest BCUT2D eigenvalue weighted by atomic mass is 15.1. The van der Waals surface area contributed by atoms with Crippen molar-refractivity contribution in [2.75, 3.05) is 6.54 Å². The molecule has 1 aliphatic heterocycles. The van der Waals surface area contributed by atoms with Gasteiger partial charge in [-0.15, -0.1) is 0 Å². The lowest BCUT2D eigenvalue weighted by atomic mass is 9.94.